The van der Waals surface area contributed by atoms with Gasteiger partial charge in [0, 0.05) is 36.5 Å². The van der Waals surface area contributed by atoms with Gasteiger partial charge in [-0.15, -0.1) is 0 Å². The molecule has 0 bridgehead atoms. The summed E-state index contributed by atoms with van der Waals surface area (Å²) in [6.45, 7) is 37.0. The van der Waals surface area contributed by atoms with E-state index in [4.69, 9.17) is 0 Å². The molecule has 0 saturated carbocycles. The summed E-state index contributed by atoms with van der Waals surface area (Å²) < 4.78 is 0. The van der Waals surface area contributed by atoms with Crippen LogP contribution in [-0.2, 0) is 28.8 Å². The van der Waals surface area contributed by atoms with Crippen LogP contribution in [-0.4, -0.2) is 35.4 Å². The van der Waals surface area contributed by atoms with E-state index in [1.54, 1.807) is 72.8 Å². The van der Waals surface area contributed by atoms with E-state index in [9.17, 15) is 28.8 Å². The first kappa shape index (κ1) is 80.8. The highest BCUT2D eigenvalue weighted by Crippen LogP contribution is 2.19. The molecule has 0 unspecified atom stereocenters. The summed E-state index contributed by atoms with van der Waals surface area (Å²) in [5, 5.41) is 0. The molecule has 0 atom stereocenters. The van der Waals surface area contributed by atoms with Crippen LogP contribution in [0.25, 0.3) is 0 Å². The molecule has 0 radical (unpaired) electrons. The first-order chi connectivity index (χ1) is 35.5. The van der Waals surface area contributed by atoms with Crippen LogP contribution in [0.15, 0.2) is 200 Å². The molecule has 9 heteroatoms. The highest BCUT2D eigenvalue weighted by atomic mass is 16.2. The van der Waals surface area contributed by atoms with E-state index >= 15 is 0 Å². The Bertz CT molecular complexity index is 1740. The number of imide groups is 3. The lowest BCUT2D eigenvalue weighted by molar-refractivity contribution is -0.121. The summed E-state index contributed by atoms with van der Waals surface area (Å²) in [6.07, 6.45) is 12.6. The lowest BCUT2D eigenvalue weighted by Gasteiger charge is -2.12. The van der Waals surface area contributed by atoms with Crippen molar-refractivity contribution < 1.29 is 28.8 Å². The number of rotatable bonds is 3. The molecule has 0 fully saturated rings. The maximum absolute atomic E-state index is 11.2. The first-order valence-corrected chi connectivity index (χ1v) is 26.4. The largest absolute Gasteiger partial charge is 0.269 e. The van der Waals surface area contributed by atoms with Crippen molar-refractivity contribution in [1.82, 2.24) is 0 Å². The summed E-state index contributed by atoms with van der Waals surface area (Å²) in [5.41, 5.74) is 1.84. The van der Waals surface area contributed by atoms with Crippen LogP contribution >= 0.6 is 0 Å². The molecule has 3 aliphatic heterocycles. The minimum absolute atomic E-state index is 0. The fourth-order valence-electron chi connectivity index (χ4n) is 4.47. The molecular weight excluding hydrogens is 919 g/mol. The third kappa shape index (κ3) is 41.4. The number of amides is 6. The van der Waals surface area contributed by atoms with Crippen molar-refractivity contribution in [2.24, 2.45) is 0 Å². The van der Waals surface area contributed by atoms with Crippen molar-refractivity contribution in [3.63, 3.8) is 0 Å². The van der Waals surface area contributed by atoms with Crippen LogP contribution < -0.4 is 14.7 Å². The standard InChI is InChI=1S/3C10H7NO2.2C6H6.4C3H8.5C2H6.CH4/c3*12-9-6-7-10(13)11(9)8-4-2-1-3-5-8;2*1-2-4-6-5-3-1;4*1-3-2;5*1-2;/h3*1-7H;2*1-6H;4*3H2,1-2H3;5*1-2H3;1H4. The van der Waals surface area contributed by atoms with E-state index in [-0.39, 0.29) is 42.9 Å². The van der Waals surface area contributed by atoms with E-state index in [2.05, 4.69) is 55.4 Å². The molecule has 6 amide bonds. The molecule has 74 heavy (non-hydrogen) atoms. The molecule has 0 aliphatic carbocycles. The van der Waals surface area contributed by atoms with Gasteiger partial charge in [-0.3, -0.25) is 28.8 Å². The zero-order valence-corrected chi connectivity index (χ0v) is 48.2. The molecule has 3 aliphatic rings. The van der Waals surface area contributed by atoms with Gasteiger partial charge in [0.1, 0.15) is 0 Å². The number of nitrogens with zero attached hydrogens (tertiary/aromatic N) is 3. The Morgan fingerprint density at radius 3 is 0.432 bits per heavy atom. The van der Waals surface area contributed by atoms with Gasteiger partial charge in [-0.2, -0.15) is 0 Å². The summed E-state index contributed by atoms with van der Waals surface area (Å²) >= 11 is 0. The van der Waals surface area contributed by atoms with Gasteiger partial charge in [0.25, 0.3) is 35.4 Å². The molecule has 410 valence electrons. The van der Waals surface area contributed by atoms with Gasteiger partial charge < -0.3 is 0 Å². The lowest BCUT2D eigenvalue weighted by Crippen LogP contribution is -2.29. The highest BCUT2D eigenvalue weighted by Gasteiger charge is 2.26. The molecule has 0 saturated heterocycles. The van der Waals surface area contributed by atoms with Crippen LogP contribution in [0.2, 0.25) is 0 Å². The Morgan fingerprint density at radius 2 is 0.324 bits per heavy atom. The van der Waals surface area contributed by atoms with Gasteiger partial charge in [0.05, 0.1) is 17.1 Å². The molecule has 0 N–H and O–H groups in total. The number of anilines is 3. The molecule has 0 spiro atoms. The average Bonchev–Trinajstić information content (AvgIpc) is 4.11. The van der Waals surface area contributed by atoms with Crippen molar-refractivity contribution in [1.29, 1.82) is 0 Å². The molecule has 3 heterocycles. The van der Waals surface area contributed by atoms with Crippen LogP contribution in [0.1, 0.15) is 158 Å². The van der Waals surface area contributed by atoms with Crippen molar-refractivity contribution in [2.45, 2.75) is 158 Å². The third-order valence-corrected chi connectivity index (χ3v) is 6.80. The maximum atomic E-state index is 11.2. The monoisotopic (exact) mass is 1020 g/mol. The van der Waals surface area contributed by atoms with Gasteiger partial charge >= 0.3 is 0 Å². The van der Waals surface area contributed by atoms with Crippen LogP contribution in [0.3, 0.4) is 0 Å². The number of benzene rings is 5. The maximum Gasteiger partial charge on any atom is 0.258 e. The highest BCUT2D eigenvalue weighted by molar-refractivity contribution is 6.29. The molecule has 5 aromatic rings. The third-order valence-electron chi connectivity index (χ3n) is 6.80. The molecule has 5 aromatic carbocycles. The minimum Gasteiger partial charge on any atom is -0.269 e. The summed E-state index contributed by atoms with van der Waals surface area (Å²) in [5.74, 6) is -1.69. The predicted molar refractivity (Wildman–Crippen MR) is 324 cm³/mol. The lowest BCUT2D eigenvalue weighted by atomic mass is 10.3. The van der Waals surface area contributed by atoms with Crippen molar-refractivity contribution >= 4 is 52.5 Å². The SMILES string of the molecule is C.CC.CC.CC.CC.CC.CCC.CCC.CCC.CCC.O=C1C=CC(=O)N1c1ccccc1.O=C1C=CC(=O)N1c1ccccc1.O=C1C=CC(=O)N1c1ccccc1.c1ccccc1.c1ccccc1. The van der Waals surface area contributed by atoms with Crippen molar-refractivity contribution in [2.75, 3.05) is 14.7 Å². The van der Waals surface area contributed by atoms with E-state index in [1.807, 2.05) is 160 Å². The van der Waals surface area contributed by atoms with Gasteiger partial charge in [0.15, 0.2) is 0 Å². The second-order valence-corrected chi connectivity index (χ2v) is 13.2. The van der Waals surface area contributed by atoms with Gasteiger partial charge in [-0.05, 0) is 36.4 Å². The molecular formula is C65H99N3O6. The predicted octanol–water partition coefficient (Wildman–Crippen LogP) is 18.2. The van der Waals surface area contributed by atoms with Crippen LogP contribution in [0, 0.1) is 0 Å². The normalized spacial score (nSPS) is 10.9. The number of para-hydroxylation sites is 3. The number of carbonyl (C=O) groups is 6. The smallest absolute Gasteiger partial charge is 0.258 e. The summed E-state index contributed by atoms with van der Waals surface area (Å²) in [6, 6.07) is 50.6. The van der Waals surface area contributed by atoms with E-state index in [0.29, 0.717) is 17.1 Å². The summed E-state index contributed by atoms with van der Waals surface area (Å²) in [4.78, 5) is 70.6. The Labute approximate surface area is 452 Å². The Balaban J connectivity index is -0.000000140. The second-order valence-electron chi connectivity index (χ2n) is 13.2. The topological polar surface area (TPSA) is 112 Å². The number of hydrogen-bond acceptors (Lipinski definition) is 6. The Morgan fingerprint density at radius 1 is 0.230 bits per heavy atom. The van der Waals surface area contributed by atoms with Crippen molar-refractivity contribution in [3.05, 3.63) is 200 Å². The minimum atomic E-state index is -0.281. The van der Waals surface area contributed by atoms with Crippen molar-refractivity contribution in [3.8, 4) is 0 Å². The van der Waals surface area contributed by atoms with E-state index in [0.717, 1.165) is 14.7 Å². The quantitative estimate of drug-likeness (QED) is 0.166. The van der Waals surface area contributed by atoms with E-state index in [1.165, 1.54) is 62.1 Å². The Hall–Kier alpha value is -7.26. The van der Waals surface area contributed by atoms with Gasteiger partial charge in [-0.1, -0.05) is 285 Å². The number of carbonyl (C=O) groups excluding carboxylic acids is 6. The molecule has 8 rings (SSSR count). The second kappa shape index (κ2) is 63.8. The van der Waals surface area contributed by atoms with Gasteiger partial charge in [0.2, 0.25) is 0 Å². The average molecular weight is 1020 g/mol. The molecule has 0 aromatic heterocycles. The van der Waals surface area contributed by atoms with Crippen LogP contribution in [0.4, 0.5) is 17.1 Å². The van der Waals surface area contributed by atoms with E-state index < -0.39 is 0 Å². The van der Waals surface area contributed by atoms with Crippen LogP contribution in [0.5, 0.6) is 0 Å². The summed E-state index contributed by atoms with van der Waals surface area (Å²) in [7, 11) is 0. The van der Waals surface area contributed by atoms with Gasteiger partial charge in [-0.25, -0.2) is 14.7 Å². The number of hydrogen-bond donors (Lipinski definition) is 0. The fraction of sp³-hybridized carbons (Fsp3) is 0.354. The Kier molecular flexibility index (Phi) is 69.6. The first-order valence-electron chi connectivity index (χ1n) is 26.4. The fourth-order valence-corrected chi connectivity index (χ4v) is 4.47. The zero-order valence-electron chi connectivity index (χ0n) is 48.2. The molecule has 9 nitrogen and oxygen atoms in total. The zero-order chi connectivity index (χ0) is 57.1.